The highest BCUT2D eigenvalue weighted by Crippen LogP contribution is 2.35. The van der Waals surface area contributed by atoms with Crippen LogP contribution >= 0.6 is 0 Å². The zero-order valence-electron chi connectivity index (χ0n) is 10.7. The smallest absolute Gasteiger partial charge is 0.305 e. The molecule has 0 aliphatic heterocycles. The van der Waals surface area contributed by atoms with Gasteiger partial charge in [0.25, 0.3) is 11.5 Å². The van der Waals surface area contributed by atoms with Gasteiger partial charge in [0.15, 0.2) is 0 Å². The van der Waals surface area contributed by atoms with Crippen molar-refractivity contribution in [3.63, 3.8) is 0 Å². The van der Waals surface area contributed by atoms with Gasteiger partial charge in [-0.2, -0.15) is 0 Å². The number of aromatic nitrogens is 1. The molecule has 1 aliphatic rings. The monoisotopic (exact) mass is 264 g/mol. The minimum Gasteiger partial charge on any atom is -0.481 e. The average molecular weight is 264 g/mol. The molecule has 0 atom stereocenters. The van der Waals surface area contributed by atoms with Crippen LogP contribution in [0.2, 0.25) is 0 Å². The Morgan fingerprint density at radius 2 is 2.11 bits per heavy atom. The van der Waals surface area contributed by atoms with E-state index in [2.05, 4.69) is 5.32 Å². The van der Waals surface area contributed by atoms with Crippen LogP contribution in [0.25, 0.3) is 0 Å². The molecule has 0 aromatic carbocycles. The van der Waals surface area contributed by atoms with Crippen LogP contribution in [0.15, 0.2) is 23.0 Å². The second-order valence-corrected chi connectivity index (χ2v) is 4.97. The average Bonchev–Trinajstić information content (AvgIpc) is 2.29. The fourth-order valence-corrected chi connectivity index (χ4v) is 2.34. The molecule has 1 heterocycles. The van der Waals surface area contributed by atoms with Gasteiger partial charge in [-0.15, -0.1) is 0 Å². The summed E-state index contributed by atoms with van der Waals surface area (Å²) in [6.45, 7) is 0. The van der Waals surface area contributed by atoms with Crippen molar-refractivity contribution in [1.29, 1.82) is 0 Å². The van der Waals surface area contributed by atoms with E-state index in [-0.39, 0.29) is 17.7 Å². The van der Waals surface area contributed by atoms with Gasteiger partial charge in [-0.3, -0.25) is 14.4 Å². The number of carbonyl (C=O) groups excluding carboxylic acids is 1. The van der Waals surface area contributed by atoms with Gasteiger partial charge in [-0.25, -0.2) is 0 Å². The van der Waals surface area contributed by atoms with Crippen LogP contribution in [-0.2, 0) is 11.8 Å². The second-order valence-electron chi connectivity index (χ2n) is 4.97. The summed E-state index contributed by atoms with van der Waals surface area (Å²) in [5.74, 6) is -1.33. The topological polar surface area (TPSA) is 88.4 Å². The van der Waals surface area contributed by atoms with Crippen molar-refractivity contribution < 1.29 is 14.7 Å². The highest BCUT2D eigenvalue weighted by molar-refractivity contribution is 5.93. The van der Waals surface area contributed by atoms with Gasteiger partial charge in [-0.05, 0) is 25.3 Å². The SMILES string of the molecule is Cn1c(C(=O)NC2(CC(=O)O)CCC2)cccc1=O. The number of carboxylic acid groups (broad SMARTS) is 1. The van der Waals surface area contributed by atoms with Gasteiger partial charge in [0.1, 0.15) is 5.69 Å². The number of aliphatic carboxylic acids is 1. The van der Waals surface area contributed by atoms with Gasteiger partial charge in [-0.1, -0.05) is 6.07 Å². The standard InChI is InChI=1S/C13H16N2O4/c1-15-9(4-2-5-10(15)16)12(19)14-13(6-3-7-13)8-11(17)18/h2,4-5H,3,6-8H2,1H3,(H,14,19)(H,17,18). The first kappa shape index (κ1) is 13.3. The number of carboxylic acids is 1. The maximum atomic E-state index is 12.1. The van der Waals surface area contributed by atoms with E-state index in [1.54, 1.807) is 6.07 Å². The highest BCUT2D eigenvalue weighted by atomic mass is 16.4. The maximum Gasteiger partial charge on any atom is 0.305 e. The summed E-state index contributed by atoms with van der Waals surface area (Å²) in [6.07, 6.45) is 2.14. The fourth-order valence-electron chi connectivity index (χ4n) is 2.34. The Balaban J connectivity index is 2.18. The normalized spacial score (nSPS) is 16.5. The van der Waals surface area contributed by atoms with Crippen molar-refractivity contribution >= 4 is 11.9 Å². The number of hydrogen-bond acceptors (Lipinski definition) is 3. The summed E-state index contributed by atoms with van der Waals surface area (Å²) in [5, 5.41) is 11.7. The summed E-state index contributed by atoms with van der Waals surface area (Å²) in [7, 11) is 1.52. The lowest BCUT2D eigenvalue weighted by Gasteiger charge is -2.41. The van der Waals surface area contributed by atoms with Crippen molar-refractivity contribution in [3.8, 4) is 0 Å². The molecule has 102 valence electrons. The Morgan fingerprint density at radius 3 is 2.63 bits per heavy atom. The molecule has 1 aromatic heterocycles. The van der Waals surface area contributed by atoms with E-state index in [0.717, 1.165) is 6.42 Å². The third-order valence-corrected chi connectivity index (χ3v) is 3.60. The van der Waals surface area contributed by atoms with Gasteiger partial charge in [0.2, 0.25) is 0 Å². The van der Waals surface area contributed by atoms with Crippen LogP contribution < -0.4 is 10.9 Å². The Bertz CT molecular complexity index is 572. The first-order valence-electron chi connectivity index (χ1n) is 6.14. The maximum absolute atomic E-state index is 12.1. The van der Waals surface area contributed by atoms with Gasteiger partial charge < -0.3 is 15.0 Å². The molecule has 1 fully saturated rings. The Kier molecular flexibility index (Phi) is 3.42. The molecule has 0 radical (unpaired) electrons. The summed E-state index contributed by atoms with van der Waals surface area (Å²) < 4.78 is 1.25. The highest BCUT2D eigenvalue weighted by Gasteiger charge is 2.40. The van der Waals surface area contributed by atoms with Crippen molar-refractivity contribution in [2.75, 3.05) is 0 Å². The third-order valence-electron chi connectivity index (χ3n) is 3.60. The molecule has 0 spiro atoms. The molecule has 1 saturated carbocycles. The van der Waals surface area contributed by atoms with Gasteiger partial charge >= 0.3 is 5.97 Å². The van der Waals surface area contributed by atoms with E-state index in [0.29, 0.717) is 12.8 Å². The Hall–Kier alpha value is -2.11. The number of amides is 1. The zero-order chi connectivity index (χ0) is 14.0. The zero-order valence-corrected chi connectivity index (χ0v) is 10.7. The minimum absolute atomic E-state index is 0.0838. The third kappa shape index (κ3) is 2.67. The van der Waals surface area contributed by atoms with Crippen LogP contribution in [0.1, 0.15) is 36.2 Å². The van der Waals surface area contributed by atoms with Crippen molar-refractivity contribution in [3.05, 3.63) is 34.2 Å². The molecular weight excluding hydrogens is 248 g/mol. The summed E-state index contributed by atoms with van der Waals surface area (Å²) in [4.78, 5) is 34.4. The van der Waals surface area contributed by atoms with Crippen LogP contribution in [0.5, 0.6) is 0 Å². The number of carbonyl (C=O) groups is 2. The molecule has 0 bridgehead atoms. The Labute approximate surface area is 110 Å². The molecule has 0 unspecified atom stereocenters. The minimum atomic E-state index is -0.929. The van der Waals surface area contributed by atoms with E-state index in [4.69, 9.17) is 5.11 Å². The number of pyridine rings is 1. The molecule has 1 amide bonds. The first-order chi connectivity index (χ1) is 8.93. The van der Waals surface area contributed by atoms with Crippen LogP contribution in [0.4, 0.5) is 0 Å². The molecule has 2 rings (SSSR count). The molecule has 6 heteroatoms. The van der Waals surface area contributed by atoms with Crippen LogP contribution in [0, 0.1) is 0 Å². The van der Waals surface area contributed by atoms with Crippen molar-refractivity contribution in [2.45, 2.75) is 31.2 Å². The molecule has 1 aromatic rings. The molecule has 1 aliphatic carbocycles. The van der Waals surface area contributed by atoms with E-state index < -0.39 is 17.4 Å². The van der Waals surface area contributed by atoms with Crippen LogP contribution in [-0.4, -0.2) is 27.1 Å². The molecule has 19 heavy (non-hydrogen) atoms. The summed E-state index contributed by atoms with van der Waals surface area (Å²) >= 11 is 0. The largest absolute Gasteiger partial charge is 0.481 e. The predicted molar refractivity (Wildman–Crippen MR) is 68.0 cm³/mol. The van der Waals surface area contributed by atoms with Crippen LogP contribution in [0.3, 0.4) is 0 Å². The number of nitrogens with zero attached hydrogens (tertiary/aromatic N) is 1. The number of rotatable bonds is 4. The molecule has 0 saturated heterocycles. The van der Waals surface area contributed by atoms with Crippen molar-refractivity contribution in [2.24, 2.45) is 7.05 Å². The summed E-state index contributed by atoms with van der Waals surface area (Å²) in [6, 6.07) is 4.43. The quantitative estimate of drug-likeness (QED) is 0.829. The van der Waals surface area contributed by atoms with Gasteiger partial charge in [0.05, 0.1) is 12.0 Å². The lowest BCUT2D eigenvalue weighted by Crippen LogP contribution is -2.55. The second kappa shape index (κ2) is 4.87. The molecule has 2 N–H and O–H groups in total. The van der Waals surface area contributed by atoms with Crippen molar-refractivity contribution in [1.82, 2.24) is 9.88 Å². The lowest BCUT2D eigenvalue weighted by atomic mass is 9.74. The summed E-state index contributed by atoms with van der Waals surface area (Å²) in [5.41, 5.74) is -0.688. The van der Waals surface area contributed by atoms with E-state index in [9.17, 15) is 14.4 Å². The van der Waals surface area contributed by atoms with E-state index in [1.165, 1.54) is 23.7 Å². The molecule has 6 nitrogen and oxygen atoms in total. The number of nitrogens with one attached hydrogen (secondary N) is 1. The fraction of sp³-hybridized carbons (Fsp3) is 0.462. The lowest BCUT2D eigenvalue weighted by molar-refractivity contribution is -0.139. The predicted octanol–water partition coefficient (Wildman–Crippen LogP) is 0.512. The first-order valence-corrected chi connectivity index (χ1v) is 6.14. The Morgan fingerprint density at radius 1 is 1.42 bits per heavy atom. The number of hydrogen-bond donors (Lipinski definition) is 2. The van der Waals surface area contributed by atoms with E-state index in [1.807, 2.05) is 0 Å². The van der Waals surface area contributed by atoms with E-state index >= 15 is 0 Å². The molecular formula is C13H16N2O4. The van der Waals surface area contributed by atoms with Gasteiger partial charge in [0, 0.05) is 13.1 Å².